The van der Waals surface area contributed by atoms with Crippen molar-refractivity contribution in [3.8, 4) is 0 Å². The first-order chi connectivity index (χ1) is 9.34. The summed E-state index contributed by atoms with van der Waals surface area (Å²) in [6.45, 7) is 3.22. The Hall–Kier alpha value is -1.49. The van der Waals surface area contributed by atoms with E-state index in [1.54, 1.807) is 18.2 Å². The molecule has 5 heteroatoms. The molecule has 20 heavy (non-hydrogen) atoms. The van der Waals surface area contributed by atoms with Crippen LogP contribution in [0.1, 0.15) is 43.7 Å². The lowest BCUT2D eigenvalue weighted by Crippen LogP contribution is -2.53. The summed E-state index contributed by atoms with van der Waals surface area (Å²) < 4.78 is 33.1. The van der Waals surface area contributed by atoms with Crippen LogP contribution in [0.4, 0.5) is 8.78 Å². The Balaban J connectivity index is 2.50. The minimum absolute atomic E-state index is 0.0736. The standard InChI is InChI=1S/C15H18F2O3/c1-3-20-13(18)15(16,17)14(19)9-8-10(2)11-6-4-5-7-12(11)14/h4-7,10,19H,3,8-9H2,1-2H3. The lowest BCUT2D eigenvalue weighted by Gasteiger charge is -2.40. The maximum Gasteiger partial charge on any atom is 0.380 e. The van der Waals surface area contributed by atoms with E-state index in [1.165, 1.54) is 13.0 Å². The van der Waals surface area contributed by atoms with Crippen molar-refractivity contribution in [2.24, 2.45) is 0 Å². The third-order valence-corrected chi connectivity index (χ3v) is 3.93. The molecular formula is C15H18F2O3. The van der Waals surface area contributed by atoms with Crippen molar-refractivity contribution in [3.63, 3.8) is 0 Å². The number of hydrogen-bond donors (Lipinski definition) is 1. The second-order valence-corrected chi connectivity index (χ2v) is 5.18. The quantitative estimate of drug-likeness (QED) is 0.868. The van der Waals surface area contributed by atoms with E-state index in [2.05, 4.69) is 4.74 Å². The van der Waals surface area contributed by atoms with Crippen molar-refractivity contribution in [2.45, 2.75) is 44.1 Å². The van der Waals surface area contributed by atoms with Gasteiger partial charge in [0.25, 0.3) is 0 Å². The molecule has 0 radical (unpaired) electrons. The van der Waals surface area contributed by atoms with Crippen molar-refractivity contribution in [1.29, 1.82) is 0 Å². The average Bonchev–Trinajstić information content (AvgIpc) is 2.43. The summed E-state index contributed by atoms with van der Waals surface area (Å²) in [5.74, 6) is -5.56. The molecule has 0 amide bonds. The van der Waals surface area contributed by atoms with E-state index in [1.807, 2.05) is 6.92 Å². The fourth-order valence-electron chi connectivity index (χ4n) is 2.74. The molecule has 1 aromatic rings. The predicted octanol–water partition coefficient (Wildman–Crippen LogP) is 2.97. The zero-order valence-electron chi connectivity index (χ0n) is 11.5. The number of alkyl halides is 2. The molecule has 0 spiro atoms. The first-order valence-electron chi connectivity index (χ1n) is 6.71. The SMILES string of the molecule is CCOC(=O)C(F)(F)C1(O)CCC(C)c2ccccc21. The number of halogens is 2. The lowest BCUT2D eigenvalue weighted by atomic mass is 9.71. The summed E-state index contributed by atoms with van der Waals surface area (Å²) >= 11 is 0. The van der Waals surface area contributed by atoms with Gasteiger partial charge in [0.2, 0.25) is 0 Å². The monoisotopic (exact) mass is 284 g/mol. The molecule has 0 fully saturated rings. The Labute approximate surface area is 116 Å². The molecule has 0 saturated carbocycles. The van der Waals surface area contributed by atoms with Crippen molar-refractivity contribution < 1.29 is 23.4 Å². The largest absolute Gasteiger partial charge is 0.461 e. The van der Waals surface area contributed by atoms with E-state index in [-0.39, 0.29) is 24.5 Å². The minimum atomic E-state index is -3.96. The third kappa shape index (κ3) is 2.10. The highest BCUT2D eigenvalue weighted by atomic mass is 19.3. The van der Waals surface area contributed by atoms with Crippen LogP contribution in [0.2, 0.25) is 0 Å². The normalized spacial score (nSPS) is 25.9. The number of aliphatic hydroxyl groups is 1. The smallest absolute Gasteiger partial charge is 0.380 e. The van der Waals surface area contributed by atoms with Gasteiger partial charge in [-0.2, -0.15) is 8.78 Å². The van der Waals surface area contributed by atoms with Gasteiger partial charge in [0.1, 0.15) is 0 Å². The van der Waals surface area contributed by atoms with Crippen LogP contribution in [0, 0.1) is 0 Å². The summed E-state index contributed by atoms with van der Waals surface area (Å²) in [6, 6.07) is 6.50. The molecule has 0 bridgehead atoms. The van der Waals surface area contributed by atoms with Gasteiger partial charge < -0.3 is 9.84 Å². The summed E-state index contributed by atoms with van der Waals surface area (Å²) in [7, 11) is 0. The third-order valence-electron chi connectivity index (χ3n) is 3.93. The fourth-order valence-corrected chi connectivity index (χ4v) is 2.74. The molecule has 2 unspecified atom stereocenters. The highest BCUT2D eigenvalue weighted by molar-refractivity contribution is 5.80. The highest BCUT2D eigenvalue weighted by Crippen LogP contribution is 2.49. The van der Waals surface area contributed by atoms with E-state index in [4.69, 9.17) is 0 Å². The predicted molar refractivity (Wildman–Crippen MR) is 69.6 cm³/mol. The number of carbonyl (C=O) groups is 1. The van der Waals surface area contributed by atoms with Crippen LogP contribution in [-0.4, -0.2) is 23.6 Å². The zero-order chi connectivity index (χ0) is 15.0. The Morgan fingerprint density at radius 1 is 1.50 bits per heavy atom. The van der Waals surface area contributed by atoms with Gasteiger partial charge in [0.05, 0.1) is 6.61 Å². The van der Waals surface area contributed by atoms with Gasteiger partial charge in [-0.3, -0.25) is 0 Å². The van der Waals surface area contributed by atoms with Crippen LogP contribution < -0.4 is 0 Å². The molecule has 0 saturated heterocycles. The van der Waals surface area contributed by atoms with Crippen LogP contribution in [0.25, 0.3) is 0 Å². The summed E-state index contributed by atoms with van der Waals surface area (Å²) in [4.78, 5) is 11.5. The highest BCUT2D eigenvalue weighted by Gasteiger charge is 2.62. The first kappa shape index (κ1) is 14.9. The molecule has 1 N–H and O–H groups in total. The summed E-state index contributed by atoms with van der Waals surface area (Å²) in [6.07, 6.45) is 0.222. The molecule has 0 aliphatic heterocycles. The maximum absolute atomic E-state index is 14.4. The number of esters is 1. The van der Waals surface area contributed by atoms with Gasteiger partial charge in [-0.25, -0.2) is 4.79 Å². The van der Waals surface area contributed by atoms with Gasteiger partial charge in [0.15, 0.2) is 5.60 Å². The average molecular weight is 284 g/mol. The van der Waals surface area contributed by atoms with Crippen molar-refractivity contribution in [2.75, 3.05) is 6.61 Å². The lowest BCUT2D eigenvalue weighted by molar-refractivity contribution is -0.221. The van der Waals surface area contributed by atoms with E-state index < -0.39 is 17.5 Å². The summed E-state index contributed by atoms with van der Waals surface area (Å²) in [5, 5.41) is 10.5. The van der Waals surface area contributed by atoms with Crippen molar-refractivity contribution >= 4 is 5.97 Å². The second kappa shape index (κ2) is 5.13. The van der Waals surface area contributed by atoms with Gasteiger partial charge in [0, 0.05) is 0 Å². The molecule has 2 rings (SSSR count). The van der Waals surface area contributed by atoms with Gasteiger partial charge in [-0.1, -0.05) is 31.2 Å². The Morgan fingerprint density at radius 2 is 2.15 bits per heavy atom. The van der Waals surface area contributed by atoms with Crippen LogP contribution in [-0.2, 0) is 15.1 Å². The molecule has 3 nitrogen and oxygen atoms in total. The van der Waals surface area contributed by atoms with Crippen molar-refractivity contribution in [3.05, 3.63) is 35.4 Å². The van der Waals surface area contributed by atoms with Crippen molar-refractivity contribution in [1.82, 2.24) is 0 Å². The van der Waals surface area contributed by atoms with E-state index in [0.29, 0.717) is 12.0 Å². The second-order valence-electron chi connectivity index (χ2n) is 5.18. The van der Waals surface area contributed by atoms with Crippen LogP contribution in [0.5, 0.6) is 0 Å². The van der Waals surface area contributed by atoms with Gasteiger partial charge >= 0.3 is 11.9 Å². The van der Waals surface area contributed by atoms with Gasteiger partial charge in [-0.05, 0) is 36.8 Å². The first-order valence-corrected chi connectivity index (χ1v) is 6.71. The number of benzene rings is 1. The molecule has 0 heterocycles. The fraction of sp³-hybridized carbons (Fsp3) is 0.533. The molecule has 1 aliphatic rings. The zero-order valence-corrected chi connectivity index (χ0v) is 11.5. The number of hydrogen-bond acceptors (Lipinski definition) is 3. The molecule has 2 atom stereocenters. The van der Waals surface area contributed by atoms with E-state index >= 15 is 0 Å². The number of ether oxygens (including phenoxy) is 1. The Kier molecular flexibility index (Phi) is 3.82. The van der Waals surface area contributed by atoms with E-state index in [0.717, 1.165) is 0 Å². The minimum Gasteiger partial charge on any atom is -0.461 e. The molecule has 0 aromatic heterocycles. The number of fused-ring (bicyclic) bond motifs is 1. The van der Waals surface area contributed by atoms with Crippen LogP contribution in [0.15, 0.2) is 24.3 Å². The van der Waals surface area contributed by atoms with Crippen LogP contribution >= 0.6 is 0 Å². The maximum atomic E-state index is 14.4. The van der Waals surface area contributed by atoms with E-state index in [9.17, 15) is 18.7 Å². The summed E-state index contributed by atoms with van der Waals surface area (Å²) in [5.41, 5.74) is -1.72. The topological polar surface area (TPSA) is 46.5 Å². The molecule has 1 aromatic carbocycles. The Morgan fingerprint density at radius 3 is 2.80 bits per heavy atom. The molecule has 110 valence electrons. The Bertz CT molecular complexity index is 516. The molecule has 1 aliphatic carbocycles. The number of rotatable bonds is 3. The van der Waals surface area contributed by atoms with Crippen LogP contribution in [0.3, 0.4) is 0 Å². The number of carbonyl (C=O) groups excluding carboxylic acids is 1. The molecular weight excluding hydrogens is 266 g/mol. The van der Waals surface area contributed by atoms with Gasteiger partial charge in [-0.15, -0.1) is 0 Å².